The standard InChI is InChI=1S/C14H21N5O2/c1-3-18(4-2)13(21)12-9-15-14(16-10-12)19-7-5-17(11-20)6-8-19/h9-11H,3-8H2,1-2H3. The van der Waals surface area contributed by atoms with Crippen LogP contribution >= 0.6 is 0 Å². The van der Waals surface area contributed by atoms with E-state index < -0.39 is 0 Å². The van der Waals surface area contributed by atoms with Crippen LogP contribution in [0.1, 0.15) is 24.2 Å². The quantitative estimate of drug-likeness (QED) is 0.727. The van der Waals surface area contributed by atoms with Crippen LogP contribution in [0.4, 0.5) is 5.95 Å². The molecular formula is C14H21N5O2. The molecule has 7 heteroatoms. The summed E-state index contributed by atoms with van der Waals surface area (Å²) in [4.78, 5) is 36.9. The summed E-state index contributed by atoms with van der Waals surface area (Å²) in [5, 5.41) is 0. The average Bonchev–Trinajstić information content (AvgIpc) is 2.56. The van der Waals surface area contributed by atoms with Crippen LogP contribution in [0.3, 0.4) is 0 Å². The number of piperazine rings is 1. The predicted octanol–water partition coefficient (Wildman–Crippen LogP) is 0.237. The zero-order valence-corrected chi connectivity index (χ0v) is 12.5. The zero-order chi connectivity index (χ0) is 15.2. The Kier molecular flexibility index (Phi) is 5.08. The van der Waals surface area contributed by atoms with Crippen molar-refractivity contribution in [1.82, 2.24) is 19.8 Å². The van der Waals surface area contributed by atoms with Crippen molar-refractivity contribution in [2.45, 2.75) is 13.8 Å². The summed E-state index contributed by atoms with van der Waals surface area (Å²) < 4.78 is 0. The molecule has 0 N–H and O–H groups in total. The van der Waals surface area contributed by atoms with Crippen molar-refractivity contribution >= 4 is 18.3 Å². The third-order valence-electron chi connectivity index (χ3n) is 3.68. The van der Waals surface area contributed by atoms with Gasteiger partial charge in [0, 0.05) is 51.7 Å². The molecule has 114 valence electrons. The molecule has 1 aromatic heterocycles. The lowest BCUT2D eigenvalue weighted by atomic mass is 10.3. The number of amides is 2. The predicted molar refractivity (Wildman–Crippen MR) is 79.1 cm³/mol. The lowest BCUT2D eigenvalue weighted by Gasteiger charge is -2.32. The van der Waals surface area contributed by atoms with Crippen LogP contribution in [0.2, 0.25) is 0 Å². The minimum atomic E-state index is -0.0441. The molecular weight excluding hydrogens is 270 g/mol. The van der Waals surface area contributed by atoms with Gasteiger partial charge in [-0.2, -0.15) is 0 Å². The number of rotatable bonds is 5. The Morgan fingerprint density at radius 1 is 1.19 bits per heavy atom. The topological polar surface area (TPSA) is 69.6 Å². The van der Waals surface area contributed by atoms with E-state index >= 15 is 0 Å². The molecule has 1 fully saturated rings. The van der Waals surface area contributed by atoms with Gasteiger partial charge in [-0.3, -0.25) is 9.59 Å². The van der Waals surface area contributed by atoms with E-state index in [-0.39, 0.29) is 5.91 Å². The fourth-order valence-electron chi connectivity index (χ4n) is 2.32. The molecule has 21 heavy (non-hydrogen) atoms. The first-order valence-corrected chi connectivity index (χ1v) is 7.25. The molecule has 1 aromatic rings. The second-order valence-corrected chi connectivity index (χ2v) is 4.88. The third-order valence-corrected chi connectivity index (χ3v) is 3.68. The maximum absolute atomic E-state index is 12.2. The molecule has 0 spiro atoms. The molecule has 2 heterocycles. The Bertz CT molecular complexity index is 479. The van der Waals surface area contributed by atoms with Crippen LogP contribution in [-0.2, 0) is 4.79 Å². The van der Waals surface area contributed by atoms with Gasteiger partial charge in [0.2, 0.25) is 12.4 Å². The molecule has 2 amide bonds. The van der Waals surface area contributed by atoms with E-state index in [4.69, 9.17) is 0 Å². The molecule has 0 aliphatic carbocycles. The highest BCUT2D eigenvalue weighted by Gasteiger charge is 2.19. The Balaban J connectivity index is 2.02. The van der Waals surface area contributed by atoms with Crippen molar-refractivity contribution in [3.05, 3.63) is 18.0 Å². The molecule has 1 aliphatic heterocycles. The fraction of sp³-hybridized carbons (Fsp3) is 0.571. The van der Waals surface area contributed by atoms with Crippen LogP contribution < -0.4 is 4.90 Å². The maximum atomic E-state index is 12.2. The number of carbonyl (C=O) groups is 2. The number of nitrogens with zero attached hydrogens (tertiary/aromatic N) is 5. The molecule has 0 saturated carbocycles. The highest BCUT2D eigenvalue weighted by molar-refractivity contribution is 5.93. The van der Waals surface area contributed by atoms with E-state index in [9.17, 15) is 9.59 Å². The maximum Gasteiger partial charge on any atom is 0.256 e. The van der Waals surface area contributed by atoms with Crippen molar-refractivity contribution in [1.29, 1.82) is 0 Å². The van der Waals surface area contributed by atoms with Crippen LogP contribution in [0.15, 0.2) is 12.4 Å². The summed E-state index contributed by atoms with van der Waals surface area (Å²) in [5.41, 5.74) is 0.508. The van der Waals surface area contributed by atoms with Gasteiger partial charge in [0.1, 0.15) is 0 Å². The highest BCUT2D eigenvalue weighted by Crippen LogP contribution is 2.11. The van der Waals surface area contributed by atoms with Gasteiger partial charge < -0.3 is 14.7 Å². The van der Waals surface area contributed by atoms with Crippen molar-refractivity contribution in [3.8, 4) is 0 Å². The Labute approximate surface area is 124 Å². The fourth-order valence-corrected chi connectivity index (χ4v) is 2.32. The monoisotopic (exact) mass is 291 g/mol. The van der Waals surface area contributed by atoms with Crippen molar-refractivity contribution in [3.63, 3.8) is 0 Å². The lowest BCUT2D eigenvalue weighted by molar-refractivity contribution is -0.118. The molecule has 1 saturated heterocycles. The van der Waals surface area contributed by atoms with Gasteiger partial charge in [-0.25, -0.2) is 9.97 Å². The molecule has 7 nitrogen and oxygen atoms in total. The van der Waals surface area contributed by atoms with Gasteiger partial charge in [0.05, 0.1) is 5.56 Å². The molecule has 1 aliphatic rings. The van der Waals surface area contributed by atoms with Crippen LogP contribution in [-0.4, -0.2) is 71.4 Å². The van der Waals surface area contributed by atoms with E-state index in [0.717, 1.165) is 6.41 Å². The molecule has 0 bridgehead atoms. The minimum absolute atomic E-state index is 0.0441. The molecule has 0 aromatic carbocycles. The summed E-state index contributed by atoms with van der Waals surface area (Å²) in [6.45, 7) is 8.01. The Hall–Kier alpha value is -2.18. The molecule has 0 radical (unpaired) electrons. The van der Waals surface area contributed by atoms with Gasteiger partial charge >= 0.3 is 0 Å². The largest absolute Gasteiger partial charge is 0.342 e. The van der Waals surface area contributed by atoms with Crippen molar-refractivity contribution in [2.75, 3.05) is 44.2 Å². The summed E-state index contributed by atoms with van der Waals surface area (Å²) in [6.07, 6.45) is 4.02. The number of anilines is 1. The van der Waals surface area contributed by atoms with Crippen LogP contribution in [0.25, 0.3) is 0 Å². The van der Waals surface area contributed by atoms with Crippen molar-refractivity contribution < 1.29 is 9.59 Å². The summed E-state index contributed by atoms with van der Waals surface area (Å²) >= 11 is 0. The number of hydrogen-bond donors (Lipinski definition) is 0. The number of hydrogen-bond acceptors (Lipinski definition) is 5. The molecule has 2 rings (SSSR count). The third kappa shape index (κ3) is 3.48. The minimum Gasteiger partial charge on any atom is -0.342 e. The van der Waals surface area contributed by atoms with E-state index in [1.54, 1.807) is 22.2 Å². The van der Waals surface area contributed by atoms with Gasteiger partial charge in [-0.1, -0.05) is 0 Å². The average molecular weight is 291 g/mol. The van der Waals surface area contributed by atoms with Gasteiger partial charge in [0.15, 0.2) is 0 Å². The van der Waals surface area contributed by atoms with E-state index in [1.165, 1.54) is 0 Å². The summed E-state index contributed by atoms with van der Waals surface area (Å²) in [7, 11) is 0. The second kappa shape index (κ2) is 7.01. The van der Waals surface area contributed by atoms with Crippen molar-refractivity contribution in [2.24, 2.45) is 0 Å². The first kappa shape index (κ1) is 15.2. The summed E-state index contributed by atoms with van der Waals surface area (Å²) in [6, 6.07) is 0. The number of aromatic nitrogens is 2. The second-order valence-electron chi connectivity index (χ2n) is 4.88. The van der Waals surface area contributed by atoms with Crippen LogP contribution in [0, 0.1) is 0 Å². The molecule has 0 atom stereocenters. The Morgan fingerprint density at radius 2 is 1.76 bits per heavy atom. The van der Waals surface area contributed by atoms with Gasteiger partial charge in [0.25, 0.3) is 5.91 Å². The van der Waals surface area contributed by atoms with Gasteiger partial charge in [-0.05, 0) is 13.8 Å². The lowest BCUT2D eigenvalue weighted by Crippen LogP contribution is -2.46. The molecule has 0 unspecified atom stereocenters. The SMILES string of the molecule is CCN(CC)C(=O)c1cnc(N2CCN(C=O)CC2)nc1. The highest BCUT2D eigenvalue weighted by atomic mass is 16.2. The number of carbonyl (C=O) groups excluding carboxylic acids is 2. The van der Waals surface area contributed by atoms with E-state index in [0.29, 0.717) is 50.8 Å². The summed E-state index contributed by atoms with van der Waals surface area (Å²) in [5.74, 6) is 0.564. The zero-order valence-electron chi connectivity index (χ0n) is 12.5. The normalized spacial score (nSPS) is 15.0. The smallest absolute Gasteiger partial charge is 0.256 e. The first-order valence-electron chi connectivity index (χ1n) is 7.25. The van der Waals surface area contributed by atoms with Gasteiger partial charge in [-0.15, -0.1) is 0 Å². The van der Waals surface area contributed by atoms with E-state index in [1.807, 2.05) is 18.7 Å². The van der Waals surface area contributed by atoms with Crippen LogP contribution in [0.5, 0.6) is 0 Å². The Morgan fingerprint density at radius 3 is 2.24 bits per heavy atom. The van der Waals surface area contributed by atoms with E-state index in [2.05, 4.69) is 9.97 Å². The first-order chi connectivity index (χ1) is 10.2.